The first-order valence-corrected chi connectivity index (χ1v) is 5.01. The van der Waals surface area contributed by atoms with E-state index in [1.165, 1.54) is 0 Å². The van der Waals surface area contributed by atoms with Gasteiger partial charge in [-0.3, -0.25) is 0 Å². The molecule has 1 aromatic heterocycles. The quantitative estimate of drug-likeness (QED) is 0.681. The SMILES string of the molecule is CCCc1cnc(CCNCC)o1. The molecule has 1 heterocycles. The summed E-state index contributed by atoms with van der Waals surface area (Å²) in [4.78, 5) is 4.20. The topological polar surface area (TPSA) is 38.1 Å². The molecule has 0 saturated heterocycles. The highest BCUT2D eigenvalue weighted by Gasteiger charge is 2.01. The number of nitrogens with one attached hydrogen (secondary N) is 1. The lowest BCUT2D eigenvalue weighted by Gasteiger charge is -1.96. The normalized spacial score (nSPS) is 10.6. The van der Waals surface area contributed by atoms with Crippen LogP contribution in [0.4, 0.5) is 0 Å². The van der Waals surface area contributed by atoms with E-state index >= 15 is 0 Å². The molecule has 1 rings (SSSR count). The Morgan fingerprint density at radius 3 is 2.92 bits per heavy atom. The van der Waals surface area contributed by atoms with Crippen LogP contribution >= 0.6 is 0 Å². The minimum absolute atomic E-state index is 0.851. The molecule has 13 heavy (non-hydrogen) atoms. The van der Waals surface area contributed by atoms with Crippen molar-refractivity contribution in [2.75, 3.05) is 13.1 Å². The molecule has 0 fully saturated rings. The van der Waals surface area contributed by atoms with Crippen molar-refractivity contribution in [3.63, 3.8) is 0 Å². The van der Waals surface area contributed by atoms with Gasteiger partial charge in [-0.15, -0.1) is 0 Å². The molecule has 0 amide bonds. The van der Waals surface area contributed by atoms with Crippen molar-refractivity contribution in [2.45, 2.75) is 33.1 Å². The molecule has 3 nitrogen and oxygen atoms in total. The average molecular weight is 182 g/mol. The molecule has 0 aliphatic heterocycles. The fraction of sp³-hybridized carbons (Fsp3) is 0.700. The number of nitrogens with zero attached hydrogens (tertiary/aromatic N) is 1. The Hall–Kier alpha value is -0.830. The Morgan fingerprint density at radius 2 is 2.23 bits per heavy atom. The van der Waals surface area contributed by atoms with Crippen molar-refractivity contribution < 1.29 is 4.42 Å². The molecule has 1 N–H and O–H groups in total. The Morgan fingerprint density at radius 1 is 1.38 bits per heavy atom. The van der Waals surface area contributed by atoms with Gasteiger partial charge < -0.3 is 9.73 Å². The number of hydrogen-bond acceptors (Lipinski definition) is 3. The summed E-state index contributed by atoms with van der Waals surface area (Å²) >= 11 is 0. The fourth-order valence-electron chi connectivity index (χ4n) is 1.20. The number of rotatable bonds is 6. The van der Waals surface area contributed by atoms with Gasteiger partial charge in [-0.05, 0) is 13.0 Å². The predicted octanol–water partition coefficient (Wildman–Crippen LogP) is 1.78. The van der Waals surface area contributed by atoms with E-state index < -0.39 is 0 Å². The smallest absolute Gasteiger partial charge is 0.195 e. The van der Waals surface area contributed by atoms with E-state index in [1.807, 2.05) is 6.20 Å². The van der Waals surface area contributed by atoms with E-state index in [-0.39, 0.29) is 0 Å². The van der Waals surface area contributed by atoms with Crippen LogP contribution in [0.15, 0.2) is 10.6 Å². The third kappa shape index (κ3) is 3.59. The lowest BCUT2D eigenvalue weighted by atomic mass is 10.3. The number of likely N-dealkylation sites (N-methyl/N-ethyl adjacent to an activating group) is 1. The first-order chi connectivity index (χ1) is 6.36. The summed E-state index contributed by atoms with van der Waals surface area (Å²) in [5.74, 6) is 1.86. The first kappa shape index (κ1) is 10.3. The van der Waals surface area contributed by atoms with E-state index in [1.54, 1.807) is 0 Å². The van der Waals surface area contributed by atoms with Gasteiger partial charge in [-0.1, -0.05) is 13.8 Å². The Bertz CT molecular complexity index is 233. The van der Waals surface area contributed by atoms with Gasteiger partial charge in [0.15, 0.2) is 5.89 Å². The highest BCUT2D eigenvalue weighted by atomic mass is 16.4. The summed E-state index contributed by atoms with van der Waals surface area (Å²) in [6.07, 6.45) is 4.83. The van der Waals surface area contributed by atoms with Gasteiger partial charge in [0, 0.05) is 19.4 Å². The van der Waals surface area contributed by atoms with Gasteiger partial charge in [-0.25, -0.2) is 4.98 Å². The number of hydrogen-bond donors (Lipinski definition) is 1. The lowest BCUT2D eigenvalue weighted by Crippen LogP contribution is -2.16. The Kier molecular flexibility index (Phi) is 4.54. The standard InChI is InChI=1S/C10H18N2O/c1-3-5-9-8-12-10(13-9)6-7-11-4-2/h8,11H,3-7H2,1-2H3. The second kappa shape index (κ2) is 5.75. The van der Waals surface area contributed by atoms with Crippen molar-refractivity contribution >= 4 is 0 Å². The molecule has 0 aliphatic rings. The molecule has 0 spiro atoms. The van der Waals surface area contributed by atoms with Crippen molar-refractivity contribution in [1.82, 2.24) is 10.3 Å². The van der Waals surface area contributed by atoms with Crippen molar-refractivity contribution in [1.29, 1.82) is 0 Å². The van der Waals surface area contributed by atoms with Gasteiger partial charge in [0.05, 0.1) is 6.20 Å². The van der Waals surface area contributed by atoms with Crippen LogP contribution in [0.2, 0.25) is 0 Å². The molecule has 0 saturated carbocycles. The third-order valence-corrected chi connectivity index (χ3v) is 1.86. The zero-order valence-corrected chi connectivity index (χ0v) is 8.47. The van der Waals surface area contributed by atoms with Gasteiger partial charge in [0.1, 0.15) is 5.76 Å². The first-order valence-electron chi connectivity index (χ1n) is 5.01. The maximum atomic E-state index is 5.52. The molecule has 0 bridgehead atoms. The second-order valence-electron chi connectivity index (χ2n) is 3.07. The molecule has 1 aromatic rings. The Balaban J connectivity index is 2.31. The Labute approximate surface area is 79.5 Å². The van der Waals surface area contributed by atoms with Crippen molar-refractivity contribution in [2.24, 2.45) is 0 Å². The van der Waals surface area contributed by atoms with Crippen LogP contribution in [-0.4, -0.2) is 18.1 Å². The van der Waals surface area contributed by atoms with E-state index in [0.29, 0.717) is 0 Å². The maximum absolute atomic E-state index is 5.52. The largest absolute Gasteiger partial charge is 0.446 e. The van der Waals surface area contributed by atoms with Crippen LogP contribution in [0.3, 0.4) is 0 Å². The summed E-state index contributed by atoms with van der Waals surface area (Å²) in [5.41, 5.74) is 0. The average Bonchev–Trinajstić information content (AvgIpc) is 2.54. The minimum Gasteiger partial charge on any atom is -0.446 e. The predicted molar refractivity (Wildman–Crippen MR) is 52.7 cm³/mol. The highest BCUT2D eigenvalue weighted by Crippen LogP contribution is 2.06. The zero-order valence-electron chi connectivity index (χ0n) is 8.47. The van der Waals surface area contributed by atoms with Crippen LogP contribution in [0, 0.1) is 0 Å². The molecule has 74 valence electrons. The molecule has 0 radical (unpaired) electrons. The van der Waals surface area contributed by atoms with Crippen LogP contribution in [-0.2, 0) is 12.8 Å². The monoisotopic (exact) mass is 182 g/mol. The summed E-state index contributed by atoms with van der Waals surface area (Å²) < 4.78 is 5.52. The highest BCUT2D eigenvalue weighted by molar-refractivity contribution is 4.94. The molecule has 3 heteroatoms. The number of aromatic nitrogens is 1. The summed E-state index contributed by atoms with van der Waals surface area (Å²) in [7, 11) is 0. The van der Waals surface area contributed by atoms with Gasteiger partial charge in [0.2, 0.25) is 0 Å². The van der Waals surface area contributed by atoms with E-state index in [0.717, 1.165) is 44.0 Å². The molecule has 0 aromatic carbocycles. The van der Waals surface area contributed by atoms with Gasteiger partial charge in [-0.2, -0.15) is 0 Å². The molecule has 0 aliphatic carbocycles. The van der Waals surface area contributed by atoms with E-state index in [9.17, 15) is 0 Å². The van der Waals surface area contributed by atoms with Gasteiger partial charge >= 0.3 is 0 Å². The number of oxazole rings is 1. The summed E-state index contributed by atoms with van der Waals surface area (Å²) in [6, 6.07) is 0. The maximum Gasteiger partial charge on any atom is 0.195 e. The van der Waals surface area contributed by atoms with Crippen molar-refractivity contribution in [3.8, 4) is 0 Å². The zero-order chi connectivity index (χ0) is 9.52. The molecular formula is C10H18N2O. The van der Waals surface area contributed by atoms with E-state index in [2.05, 4.69) is 24.1 Å². The fourth-order valence-corrected chi connectivity index (χ4v) is 1.20. The van der Waals surface area contributed by atoms with Crippen LogP contribution in [0.25, 0.3) is 0 Å². The molecular weight excluding hydrogens is 164 g/mol. The third-order valence-electron chi connectivity index (χ3n) is 1.86. The summed E-state index contributed by atoms with van der Waals surface area (Å²) in [5, 5.41) is 3.24. The molecule has 0 unspecified atom stereocenters. The number of aryl methyl sites for hydroxylation is 1. The minimum atomic E-state index is 0.851. The van der Waals surface area contributed by atoms with Gasteiger partial charge in [0.25, 0.3) is 0 Å². The summed E-state index contributed by atoms with van der Waals surface area (Å²) in [6.45, 7) is 6.18. The van der Waals surface area contributed by atoms with E-state index in [4.69, 9.17) is 4.42 Å². The van der Waals surface area contributed by atoms with Crippen LogP contribution in [0.1, 0.15) is 31.9 Å². The lowest BCUT2D eigenvalue weighted by molar-refractivity contribution is 0.447. The van der Waals surface area contributed by atoms with Crippen molar-refractivity contribution in [3.05, 3.63) is 17.8 Å². The second-order valence-corrected chi connectivity index (χ2v) is 3.07. The van der Waals surface area contributed by atoms with Crippen LogP contribution < -0.4 is 5.32 Å². The van der Waals surface area contributed by atoms with Crippen LogP contribution in [0.5, 0.6) is 0 Å². The molecule has 0 atom stereocenters.